The highest BCUT2D eigenvalue weighted by Gasteiger charge is 2.44. The Morgan fingerprint density at radius 3 is 1.52 bits per heavy atom. The quantitative estimate of drug-likeness (QED) is 0.141. The summed E-state index contributed by atoms with van der Waals surface area (Å²) >= 11 is 0. The first-order valence-corrected chi connectivity index (χ1v) is 17.0. The van der Waals surface area contributed by atoms with Crippen molar-refractivity contribution in [3.8, 4) is 0 Å². The lowest BCUT2D eigenvalue weighted by Crippen LogP contribution is -2.62. The molecule has 46 heavy (non-hydrogen) atoms. The molecule has 2 atom stereocenters. The fraction of sp³-hybridized carbons (Fsp3) is 0.250. The Kier molecular flexibility index (Phi) is 9.16. The third-order valence-corrected chi connectivity index (χ3v) is 9.83. The normalized spacial score (nSPS) is 19.7. The Labute approximate surface area is 259 Å². The van der Waals surface area contributed by atoms with Gasteiger partial charge in [0.05, 0.1) is 4.90 Å². The zero-order valence-electron chi connectivity index (χ0n) is 22.9. The van der Waals surface area contributed by atoms with Gasteiger partial charge in [-0.25, -0.2) is 9.59 Å². The first kappa shape index (κ1) is 34.3. The summed E-state index contributed by atoms with van der Waals surface area (Å²) in [6, 6.07) is 4.57. The van der Waals surface area contributed by atoms with Crippen molar-refractivity contribution in [2.45, 2.75) is 27.5 Å². The molecule has 0 aliphatic carbocycles. The van der Waals surface area contributed by atoms with Gasteiger partial charge in [-0.1, -0.05) is 24.3 Å². The van der Waals surface area contributed by atoms with Gasteiger partial charge in [-0.2, -0.15) is 25.3 Å². The predicted molar refractivity (Wildman–Crippen MR) is 147 cm³/mol. The number of carbonyl (C=O) groups is 6. The van der Waals surface area contributed by atoms with Gasteiger partial charge >= 0.3 is 12.1 Å². The van der Waals surface area contributed by atoms with Crippen LogP contribution in [0.3, 0.4) is 0 Å². The first-order valence-electron chi connectivity index (χ1n) is 12.7. The smallest absolute Gasteiger partial charge is 0.282 e. The van der Waals surface area contributed by atoms with Gasteiger partial charge in [-0.3, -0.25) is 53.3 Å². The topological polar surface area (TPSA) is 296 Å². The average molecular weight is 703 g/mol. The van der Waals surface area contributed by atoms with Crippen molar-refractivity contribution >= 4 is 66.0 Å². The summed E-state index contributed by atoms with van der Waals surface area (Å²) in [5, 5.41) is 3.78. The molecule has 0 spiro atoms. The molecule has 5 N–H and O–H groups in total. The largest absolute Gasteiger partial charge is 0.330 e. The fourth-order valence-corrected chi connectivity index (χ4v) is 7.32. The highest BCUT2D eigenvalue weighted by atomic mass is 32.2. The average Bonchev–Trinajstić information content (AvgIpc) is 2.93. The molecule has 2 unspecified atom stereocenters. The van der Waals surface area contributed by atoms with E-state index in [2.05, 4.69) is 0 Å². The van der Waals surface area contributed by atoms with E-state index in [1.807, 2.05) is 10.6 Å². The number of hydrogen-bond acceptors (Lipinski definition) is 12. The van der Waals surface area contributed by atoms with Gasteiger partial charge in [0.2, 0.25) is 23.6 Å². The van der Waals surface area contributed by atoms with Crippen molar-refractivity contribution in [2.75, 3.05) is 13.1 Å². The van der Waals surface area contributed by atoms with E-state index in [0.29, 0.717) is 21.9 Å². The molecule has 8 amide bonds. The summed E-state index contributed by atoms with van der Waals surface area (Å²) in [6.07, 6.45) is -1.21. The minimum Gasteiger partial charge on any atom is -0.282 e. The van der Waals surface area contributed by atoms with Crippen LogP contribution in [0.2, 0.25) is 0 Å². The van der Waals surface area contributed by atoms with Crippen molar-refractivity contribution in [2.24, 2.45) is 11.8 Å². The molecule has 22 heteroatoms. The molecule has 2 aromatic rings. The van der Waals surface area contributed by atoms with Crippen LogP contribution < -0.4 is 10.6 Å². The van der Waals surface area contributed by atoms with Crippen LogP contribution >= 0.6 is 0 Å². The second-order valence-corrected chi connectivity index (χ2v) is 14.1. The number of imide groups is 4. The van der Waals surface area contributed by atoms with E-state index in [-0.39, 0.29) is 11.1 Å². The summed E-state index contributed by atoms with van der Waals surface area (Å²) in [4.78, 5) is 74.3. The number of benzene rings is 2. The van der Waals surface area contributed by atoms with Crippen LogP contribution in [-0.4, -0.2) is 97.5 Å². The highest BCUT2D eigenvalue weighted by molar-refractivity contribution is 7.89. The molecule has 0 aromatic heterocycles. The third kappa shape index (κ3) is 7.11. The molecule has 2 fully saturated rings. The van der Waals surface area contributed by atoms with Crippen molar-refractivity contribution in [1.82, 2.24) is 20.4 Å². The summed E-state index contributed by atoms with van der Waals surface area (Å²) in [5.74, 6) is -7.94. The molecule has 0 radical (unpaired) electrons. The third-order valence-electron chi connectivity index (χ3n) is 6.94. The lowest BCUT2D eigenvalue weighted by atomic mass is 9.95. The molecule has 0 bridgehead atoms. The maximum absolute atomic E-state index is 13.2. The van der Waals surface area contributed by atoms with Crippen molar-refractivity contribution in [3.05, 3.63) is 53.6 Å². The van der Waals surface area contributed by atoms with Gasteiger partial charge in [0.1, 0.15) is 21.6 Å². The van der Waals surface area contributed by atoms with E-state index in [4.69, 9.17) is 0 Å². The van der Waals surface area contributed by atoms with Crippen LogP contribution in [0.4, 0.5) is 9.59 Å². The van der Waals surface area contributed by atoms with Crippen LogP contribution in [0.5, 0.6) is 0 Å². The molecular weight excluding hydrogens is 680 g/mol. The minimum atomic E-state index is -5.23. The molecule has 0 saturated carbocycles. The molecule has 2 aliphatic rings. The molecule has 2 heterocycles. The number of nitrogens with one attached hydrogen (secondary N) is 2. The lowest BCUT2D eigenvalue weighted by Gasteiger charge is -2.34. The van der Waals surface area contributed by atoms with Crippen molar-refractivity contribution in [1.29, 1.82) is 0 Å². The number of rotatable bonds is 10. The van der Waals surface area contributed by atoms with Gasteiger partial charge in [-0.05, 0) is 42.2 Å². The zero-order chi connectivity index (χ0) is 34.4. The van der Waals surface area contributed by atoms with Crippen LogP contribution in [0, 0.1) is 11.8 Å². The van der Waals surface area contributed by atoms with E-state index in [0.717, 1.165) is 12.1 Å². The van der Waals surface area contributed by atoms with Gasteiger partial charge in [0.15, 0.2) is 0 Å². The second kappa shape index (κ2) is 12.3. The molecule has 4 rings (SSSR count). The number of hydrogen-bond donors (Lipinski definition) is 5. The molecule has 2 saturated heterocycles. The van der Waals surface area contributed by atoms with Crippen molar-refractivity contribution < 1.29 is 67.7 Å². The predicted octanol–water partition coefficient (Wildman–Crippen LogP) is -1.40. The van der Waals surface area contributed by atoms with Crippen LogP contribution in [-0.2, 0) is 62.4 Å². The summed E-state index contributed by atoms with van der Waals surface area (Å²) < 4.78 is 98.1. The number of urea groups is 2. The Hall–Kier alpha value is -4.61. The molecule has 2 aliphatic heterocycles. The lowest BCUT2D eigenvalue weighted by molar-refractivity contribution is -0.146. The summed E-state index contributed by atoms with van der Waals surface area (Å²) in [6.45, 7) is -1.42. The molecule has 246 valence electrons. The van der Waals surface area contributed by atoms with E-state index in [1.165, 1.54) is 18.2 Å². The highest BCUT2D eigenvalue weighted by Crippen LogP contribution is 2.26. The van der Waals surface area contributed by atoms with Crippen LogP contribution in [0.15, 0.2) is 57.2 Å². The van der Waals surface area contributed by atoms with E-state index >= 15 is 0 Å². The Morgan fingerprint density at radius 2 is 1.04 bits per heavy atom. The van der Waals surface area contributed by atoms with Gasteiger partial charge < -0.3 is 0 Å². The first-order chi connectivity index (χ1) is 21.2. The van der Waals surface area contributed by atoms with Gasteiger partial charge in [0, 0.05) is 13.1 Å². The van der Waals surface area contributed by atoms with Gasteiger partial charge in [-0.15, -0.1) is 0 Å². The zero-order valence-corrected chi connectivity index (χ0v) is 25.3. The number of carbonyl (C=O) groups excluding carboxylic acids is 6. The van der Waals surface area contributed by atoms with Crippen LogP contribution in [0.1, 0.15) is 11.1 Å². The SMILES string of the molecule is O=C1NC(=O)N(CCN2C(=O)NC(=O)C(Cc3ccccc3S(=O)(=O)O)C2=O)C(=O)C1Cc1ccc(S(=O)(=O)O)c(S(=O)(=O)O)c1. The van der Waals surface area contributed by atoms with Crippen LogP contribution in [0.25, 0.3) is 0 Å². The number of nitrogens with zero attached hydrogens (tertiary/aromatic N) is 2. The van der Waals surface area contributed by atoms with E-state index in [1.54, 1.807) is 0 Å². The van der Waals surface area contributed by atoms with Crippen molar-refractivity contribution in [3.63, 3.8) is 0 Å². The summed E-state index contributed by atoms with van der Waals surface area (Å²) in [5.41, 5.74) is -0.318. The van der Waals surface area contributed by atoms with E-state index < -0.39 is 118 Å². The fourth-order valence-electron chi connectivity index (χ4n) is 4.78. The number of amides is 8. The standard InChI is InChI=1S/C24H22N4O15S3/c29-19-14(9-12-5-6-17(45(38,39)40)18(10-12)46(41,42)43)21(31)27(23(33)25-19)7-8-28-22(32)15(20(30)26-24(28)34)11-13-3-1-2-4-16(13)44(35,36)37/h1-6,10,14-15H,7-9,11H2,(H,25,29,33)(H,26,30,34)(H,35,36,37)(H,38,39,40)(H,41,42,43). The number of barbiturate groups is 2. The monoisotopic (exact) mass is 702 g/mol. The molecule has 19 nitrogen and oxygen atoms in total. The Bertz CT molecular complexity index is 2030. The minimum absolute atomic E-state index is 0.124. The molecule has 2 aromatic carbocycles. The Morgan fingerprint density at radius 1 is 0.587 bits per heavy atom. The maximum atomic E-state index is 13.2. The second-order valence-electron chi connectivity index (χ2n) is 9.90. The maximum Gasteiger partial charge on any atom is 0.330 e. The van der Waals surface area contributed by atoms with Gasteiger partial charge in [0.25, 0.3) is 30.4 Å². The van der Waals surface area contributed by atoms with E-state index in [9.17, 15) is 67.7 Å². The molecular formula is C24H22N4O15S3. The Balaban J connectivity index is 1.54. The summed E-state index contributed by atoms with van der Waals surface area (Å²) in [7, 11) is -15.1.